The van der Waals surface area contributed by atoms with Crippen molar-refractivity contribution >= 4 is 50.0 Å². The fourth-order valence-electron chi connectivity index (χ4n) is 2.46. The van der Waals surface area contributed by atoms with E-state index in [1.54, 1.807) is 6.07 Å². The summed E-state index contributed by atoms with van der Waals surface area (Å²) in [5.74, 6) is -0.196. The molecular weight excluding hydrogens is 386 g/mol. The number of aryl methyl sites for hydroxylation is 2. The van der Waals surface area contributed by atoms with Gasteiger partial charge >= 0.3 is 0 Å². The molecule has 0 radical (unpaired) electrons. The molecule has 1 aromatic carbocycles. The lowest BCUT2D eigenvalue weighted by molar-refractivity contribution is -0.384. The van der Waals surface area contributed by atoms with Crippen molar-refractivity contribution in [2.75, 3.05) is 5.32 Å². The van der Waals surface area contributed by atoms with Gasteiger partial charge in [0, 0.05) is 23.5 Å². The molecule has 0 bridgehead atoms. The van der Waals surface area contributed by atoms with Crippen LogP contribution in [0.1, 0.15) is 24.7 Å². The van der Waals surface area contributed by atoms with Gasteiger partial charge in [0.25, 0.3) is 5.69 Å². The molecule has 0 aliphatic carbocycles. The van der Waals surface area contributed by atoms with Crippen molar-refractivity contribution in [1.29, 1.82) is 0 Å². The minimum Gasteiger partial charge on any atom is -0.301 e. The van der Waals surface area contributed by atoms with E-state index in [4.69, 9.17) is 0 Å². The van der Waals surface area contributed by atoms with Gasteiger partial charge in [-0.15, -0.1) is 0 Å². The molecule has 27 heavy (non-hydrogen) atoms. The molecule has 1 amide bonds. The highest BCUT2D eigenvalue weighted by Gasteiger charge is 2.21. The Balaban J connectivity index is 1.76. The van der Waals surface area contributed by atoms with Gasteiger partial charge in [0.1, 0.15) is 0 Å². The number of hydrogen-bond acceptors (Lipinski definition) is 8. The third-order valence-corrected chi connectivity index (χ3v) is 5.84. The number of fused-ring (bicyclic) bond motifs is 1. The summed E-state index contributed by atoms with van der Waals surface area (Å²) in [6.07, 6.45) is 0.600. The Morgan fingerprint density at radius 2 is 1.96 bits per heavy atom. The van der Waals surface area contributed by atoms with E-state index >= 15 is 0 Å². The SMILES string of the molecule is CCC(Sc1nc(C)cc(C)n1)C(=O)Nc1nc2ccc([N+](=O)[O-])cc2s1. The Morgan fingerprint density at radius 3 is 2.59 bits per heavy atom. The number of thioether (sulfide) groups is 1. The van der Waals surface area contributed by atoms with Crippen LogP contribution in [0, 0.1) is 24.0 Å². The molecule has 8 nitrogen and oxygen atoms in total. The summed E-state index contributed by atoms with van der Waals surface area (Å²) in [4.78, 5) is 36.1. The summed E-state index contributed by atoms with van der Waals surface area (Å²) < 4.78 is 0.651. The first-order chi connectivity index (χ1) is 12.9. The van der Waals surface area contributed by atoms with Gasteiger partial charge in [-0.3, -0.25) is 14.9 Å². The molecule has 1 atom stereocenters. The topological polar surface area (TPSA) is 111 Å². The summed E-state index contributed by atoms with van der Waals surface area (Å²) in [6, 6.07) is 6.31. The van der Waals surface area contributed by atoms with E-state index in [9.17, 15) is 14.9 Å². The van der Waals surface area contributed by atoms with Crippen LogP contribution in [0.5, 0.6) is 0 Å². The maximum Gasteiger partial charge on any atom is 0.270 e. The second-order valence-electron chi connectivity index (χ2n) is 5.87. The van der Waals surface area contributed by atoms with Crippen LogP contribution in [0.15, 0.2) is 29.4 Å². The summed E-state index contributed by atoms with van der Waals surface area (Å²) in [6.45, 7) is 5.70. The second-order valence-corrected chi connectivity index (χ2v) is 8.07. The molecule has 2 heterocycles. The number of anilines is 1. The molecule has 3 rings (SSSR count). The summed E-state index contributed by atoms with van der Waals surface area (Å²) in [7, 11) is 0. The molecule has 3 aromatic rings. The molecule has 1 unspecified atom stereocenters. The maximum atomic E-state index is 12.6. The zero-order valence-corrected chi connectivity index (χ0v) is 16.6. The number of nitro benzene ring substituents is 1. The lowest BCUT2D eigenvalue weighted by Crippen LogP contribution is -2.24. The third kappa shape index (κ3) is 4.58. The smallest absolute Gasteiger partial charge is 0.270 e. The van der Waals surface area contributed by atoms with Crippen LogP contribution in [-0.2, 0) is 4.79 Å². The van der Waals surface area contributed by atoms with Gasteiger partial charge in [-0.25, -0.2) is 15.0 Å². The van der Waals surface area contributed by atoms with Gasteiger partial charge in [-0.1, -0.05) is 30.0 Å². The lowest BCUT2D eigenvalue weighted by atomic mass is 10.3. The van der Waals surface area contributed by atoms with E-state index in [1.165, 1.54) is 35.2 Å². The van der Waals surface area contributed by atoms with E-state index in [0.717, 1.165) is 11.4 Å². The van der Waals surface area contributed by atoms with Gasteiger partial charge < -0.3 is 5.32 Å². The van der Waals surface area contributed by atoms with Crippen LogP contribution in [-0.4, -0.2) is 31.0 Å². The van der Waals surface area contributed by atoms with E-state index in [0.29, 0.717) is 26.9 Å². The zero-order valence-electron chi connectivity index (χ0n) is 14.9. The van der Waals surface area contributed by atoms with Crippen molar-refractivity contribution in [3.8, 4) is 0 Å². The minimum atomic E-state index is -0.453. The summed E-state index contributed by atoms with van der Waals surface area (Å²) in [5, 5.41) is 14.3. The number of amides is 1. The average molecular weight is 403 g/mol. The monoisotopic (exact) mass is 403 g/mol. The number of carbonyl (C=O) groups is 1. The number of non-ortho nitro benzene ring substituents is 1. The van der Waals surface area contributed by atoms with Gasteiger partial charge in [0.2, 0.25) is 5.91 Å². The summed E-state index contributed by atoms with van der Waals surface area (Å²) >= 11 is 2.52. The van der Waals surface area contributed by atoms with Crippen molar-refractivity contribution < 1.29 is 9.72 Å². The number of aromatic nitrogens is 3. The van der Waals surface area contributed by atoms with Crippen LogP contribution in [0.3, 0.4) is 0 Å². The highest BCUT2D eigenvalue weighted by molar-refractivity contribution is 8.00. The molecule has 0 aliphatic heterocycles. The molecule has 0 saturated heterocycles. The summed E-state index contributed by atoms with van der Waals surface area (Å²) in [5.41, 5.74) is 2.32. The predicted octanol–water partition coefficient (Wildman–Crippen LogP) is 4.12. The molecule has 0 saturated carbocycles. The number of rotatable bonds is 6. The molecule has 1 N–H and O–H groups in total. The standard InChI is InChI=1S/C17H17N5O3S2/c1-4-13(26-16-18-9(2)7-10(3)19-16)15(23)21-17-20-12-6-5-11(22(24)25)8-14(12)27-17/h5-8,13H,4H2,1-3H3,(H,20,21,23). The number of thiazole rings is 1. The number of nitro groups is 1. The highest BCUT2D eigenvalue weighted by Crippen LogP contribution is 2.30. The van der Waals surface area contributed by atoms with E-state index in [2.05, 4.69) is 20.3 Å². The van der Waals surface area contributed by atoms with Crippen LogP contribution < -0.4 is 5.32 Å². The molecule has 2 aromatic heterocycles. The Bertz CT molecular complexity index is 1000. The van der Waals surface area contributed by atoms with Crippen LogP contribution in [0.25, 0.3) is 10.2 Å². The molecular formula is C17H17N5O3S2. The number of hydrogen-bond donors (Lipinski definition) is 1. The van der Waals surface area contributed by atoms with Crippen molar-refractivity contribution in [3.05, 3.63) is 45.8 Å². The number of benzene rings is 1. The Morgan fingerprint density at radius 1 is 1.26 bits per heavy atom. The van der Waals surface area contributed by atoms with Gasteiger partial charge in [0.15, 0.2) is 10.3 Å². The number of nitrogens with zero attached hydrogens (tertiary/aromatic N) is 4. The molecule has 10 heteroatoms. The largest absolute Gasteiger partial charge is 0.301 e. The van der Waals surface area contributed by atoms with Crippen LogP contribution >= 0.6 is 23.1 Å². The van der Waals surface area contributed by atoms with Crippen LogP contribution in [0.4, 0.5) is 10.8 Å². The first-order valence-corrected chi connectivity index (χ1v) is 9.90. The van der Waals surface area contributed by atoms with E-state index in [1.807, 2.05) is 26.8 Å². The third-order valence-electron chi connectivity index (χ3n) is 3.69. The Kier molecular flexibility index (Phi) is 5.66. The number of nitrogens with one attached hydrogen (secondary N) is 1. The fraction of sp³-hybridized carbons (Fsp3) is 0.294. The van der Waals surface area contributed by atoms with E-state index < -0.39 is 4.92 Å². The Labute approximate surface area is 163 Å². The van der Waals surface area contributed by atoms with Crippen LogP contribution in [0.2, 0.25) is 0 Å². The average Bonchev–Trinajstić information content (AvgIpc) is 2.99. The second kappa shape index (κ2) is 7.97. The lowest BCUT2D eigenvalue weighted by Gasteiger charge is -2.13. The molecule has 140 valence electrons. The Hall–Kier alpha value is -2.59. The quantitative estimate of drug-likeness (QED) is 0.285. The van der Waals surface area contributed by atoms with E-state index in [-0.39, 0.29) is 16.8 Å². The number of carbonyl (C=O) groups excluding carboxylic acids is 1. The van der Waals surface area contributed by atoms with Crippen molar-refractivity contribution in [1.82, 2.24) is 15.0 Å². The maximum absolute atomic E-state index is 12.6. The fourth-order valence-corrected chi connectivity index (χ4v) is 4.34. The molecule has 0 fully saturated rings. The normalized spacial score (nSPS) is 12.1. The van der Waals surface area contributed by atoms with Crippen molar-refractivity contribution in [2.24, 2.45) is 0 Å². The van der Waals surface area contributed by atoms with Gasteiger partial charge in [-0.05, 0) is 32.4 Å². The predicted molar refractivity (Wildman–Crippen MR) is 106 cm³/mol. The first-order valence-electron chi connectivity index (χ1n) is 8.20. The molecule has 0 aliphatic rings. The first kappa shape index (κ1) is 19.2. The minimum absolute atomic E-state index is 0.00187. The van der Waals surface area contributed by atoms with Gasteiger partial charge in [0.05, 0.1) is 20.4 Å². The highest BCUT2D eigenvalue weighted by atomic mass is 32.2. The van der Waals surface area contributed by atoms with Gasteiger partial charge in [-0.2, -0.15) is 0 Å². The zero-order chi connectivity index (χ0) is 19.6. The molecule has 0 spiro atoms. The van der Waals surface area contributed by atoms with Crippen molar-refractivity contribution in [2.45, 2.75) is 37.6 Å². The van der Waals surface area contributed by atoms with Crippen molar-refractivity contribution in [3.63, 3.8) is 0 Å².